The minimum absolute atomic E-state index is 0.00514. The molecule has 30 heavy (non-hydrogen) atoms. The number of fused-ring (bicyclic) bond motifs is 1. The lowest BCUT2D eigenvalue weighted by Crippen LogP contribution is -2.46. The Morgan fingerprint density at radius 3 is 2.37 bits per heavy atom. The van der Waals surface area contributed by atoms with Crippen molar-refractivity contribution in [3.8, 4) is 11.1 Å². The number of carbonyl (C=O) groups is 2. The summed E-state index contributed by atoms with van der Waals surface area (Å²) in [6.45, 7) is 4.62. The minimum Gasteiger partial charge on any atom is -0.353 e. The predicted octanol–water partition coefficient (Wildman–Crippen LogP) is 4.70. The van der Waals surface area contributed by atoms with E-state index in [1.54, 1.807) is 0 Å². The van der Waals surface area contributed by atoms with Crippen molar-refractivity contribution in [3.05, 3.63) is 71.5 Å². The van der Waals surface area contributed by atoms with Crippen LogP contribution in [0.25, 0.3) is 21.9 Å². The van der Waals surface area contributed by atoms with Crippen molar-refractivity contribution in [3.63, 3.8) is 0 Å². The van der Waals surface area contributed by atoms with Crippen molar-refractivity contribution in [2.75, 3.05) is 13.1 Å². The molecule has 1 aliphatic heterocycles. The molecule has 1 N–H and O–H groups in total. The Kier molecular flexibility index (Phi) is 5.53. The van der Waals surface area contributed by atoms with Crippen molar-refractivity contribution in [1.29, 1.82) is 0 Å². The van der Waals surface area contributed by atoms with E-state index in [0.29, 0.717) is 18.7 Å². The summed E-state index contributed by atoms with van der Waals surface area (Å²) in [7, 11) is 0. The highest BCUT2D eigenvalue weighted by atomic mass is 19.1. The molecule has 1 fully saturated rings. The van der Waals surface area contributed by atoms with Crippen molar-refractivity contribution in [1.82, 2.24) is 10.2 Å². The van der Waals surface area contributed by atoms with Crippen LogP contribution < -0.4 is 5.32 Å². The first kappa shape index (κ1) is 20.1. The molecule has 4 rings (SSSR count). The predicted molar refractivity (Wildman–Crippen MR) is 117 cm³/mol. The van der Waals surface area contributed by atoms with E-state index in [4.69, 9.17) is 0 Å². The van der Waals surface area contributed by atoms with Gasteiger partial charge in [-0.2, -0.15) is 0 Å². The van der Waals surface area contributed by atoms with Crippen LogP contribution in [0, 0.1) is 12.7 Å². The number of nitrogens with one attached hydrogen (secondary N) is 1. The van der Waals surface area contributed by atoms with Crippen LogP contribution in [0.4, 0.5) is 4.39 Å². The molecule has 0 aromatic heterocycles. The van der Waals surface area contributed by atoms with Crippen LogP contribution in [-0.2, 0) is 4.79 Å². The fourth-order valence-electron chi connectivity index (χ4n) is 4.31. The number of nitrogens with zero attached hydrogens (tertiary/aromatic N) is 1. The summed E-state index contributed by atoms with van der Waals surface area (Å²) in [6, 6.07) is 16.7. The molecule has 0 atom stereocenters. The van der Waals surface area contributed by atoms with E-state index in [2.05, 4.69) is 5.32 Å². The second-order valence-corrected chi connectivity index (χ2v) is 7.99. The molecule has 0 radical (unpaired) electrons. The number of hydrogen-bond donors (Lipinski definition) is 1. The van der Waals surface area contributed by atoms with Crippen molar-refractivity contribution in [2.24, 2.45) is 0 Å². The van der Waals surface area contributed by atoms with Crippen LogP contribution in [-0.4, -0.2) is 35.8 Å². The zero-order valence-corrected chi connectivity index (χ0v) is 17.2. The number of piperidine rings is 1. The average molecular weight is 404 g/mol. The molecule has 0 unspecified atom stereocenters. The number of hydrogen-bond acceptors (Lipinski definition) is 2. The summed E-state index contributed by atoms with van der Waals surface area (Å²) < 4.78 is 14.0. The van der Waals surface area contributed by atoms with Gasteiger partial charge in [0.1, 0.15) is 5.82 Å². The fourth-order valence-corrected chi connectivity index (χ4v) is 4.31. The van der Waals surface area contributed by atoms with Crippen LogP contribution in [0.1, 0.15) is 35.7 Å². The number of rotatable bonds is 3. The normalized spacial score (nSPS) is 14.7. The first-order valence-corrected chi connectivity index (χ1v) is 10.3. The molecule has 1 aliphatic rings. The molecule has 3 aromatic rings. The molecular weight excluding hydrogens is 379 g/mol. The minimum atomic E-state index is -0.267. The molecule has 4 nitrogen and oxygen atoms in total. The molecular formula is C25H25FN2O2. The lowest BCUT2D eigenvalue weighted by atomic mass is 9.93. The van der Waals surface area contributed by atoms with Crippen LogP contribution in [0.5, 0.6) is 0 Å². The third-order valence-electron chi connectivity index (χ3n) is 5.70. The molecule has 5 heteroatoms. The Morgan fingerprint density at radius 1 is 1.00 bits per heavy atom. The number of halogens is 1. The SMILES string of the molecule is CC(=O)NC1CCN(C(=O)c2ccc(-c3cc(C)cc(F)c3)c3ccccc23)CC1. The standard InChI is InChI=1S/C25H25FN2O2/c1-16-13-18(15-19(26)14-16)21-7-8-24(23-6-4-3-5-22(21)23)25(30)28-11-9-20(10-12-28)27-17(2)29/h3-8,13-15,20H,9-12H2,1-2H3,(H,27,29). The summed E-state index contributed by atoms with van der Waals surface area (Å²) in [5, 5.41) is 4.74. The Hall–Kier alpha value is -3.21. The number of benzene rings is 3. The first-order valence-electron chi connectivity index (χ1n) is 10.3. The van der Waals surface area contributed by atoms with E-state index in [-0.39, 0.29) is 23.7 Å². The largest absolute Gasteiger partial charge is 0.353 e. The van der Waals surface area contributed by atoms with Crippen LogP contribution in [0.2, 0.25) is 0 Å². The second kappa shape index (κ2) is 8.27. The summed E-state index contributed by atoms with van der Waals surface area (Å²) >= 11 is 0. The zero-order valence-electron chi connectivity index (χ0n) is 17.2. The summed E-state index contributed by atoms with van der Waals surface area (Å²) in [5.41, 5.74) is 3.23. The Balaban J connectivity index is 1.66. The van der Waals surface area contributed by atoms with Gasteiger partial charge in [0.2, 0.25) is 5.91 Å². The first-order chi connectivity index (χ1) is 14.4. The maximum Gasteiger partial charge on any atom is 0.254 e. The maximum atomic E-state index is 14.0. The third-order valence-corrected chi connectivity index (χ3v) is 5.70. The van der Waals surface area contributed by atoms with Gasteiger partial charge in [-0.25, -0.2) is 4.39 Å². The van der Waals surface area contributed by atoms with Gasteiger partial charge >= 0.3 is 0 Å². The van der Waals surface area contributed by atoms with Gasteiger partial charge in [0, 0.05) is 31.6 Å². The Labute approximate surface area is 175 Å². The van der Waals surface area contributed by atoms with Gasteiger partial charge in [0.15, 0.2) is 0 Å². The number of likely N-dealkylation sites (tertiary alicyclic amines) is 1. The summed E-state index contributed by atoms with van der Waals surface area (Å²) in [4.78, 5) is 26.4. The smallest absolute Gasteiger partial charge is 0.254 e. The molecule has 0 bridgehead atoms. The van der Waals surface area contributed by atoms with Gasteiger partial charge in [-0.15, -0.1) is 0 Å². The quantitative estimate of drug-likeness (QED) is 0.688. The Bertz CT molecular complexity index is 1100. The van der Waals surface area contributed by atoms with E-state index < -0.39 is 0 Å². The van der Waals surface area contributed by atoms with Gasteiger partial charge in [0.05, 0.1) is 0 Å². The molecule has 1 heterocycles. The van der Waals surface area contributed by atoms with E-state index in [1.807, 2.05) is 54.3 Å². The van der Waals surface area contributed by atoms with Gasteiger partial charge in [0.25, 0.3) is 5.91 Å². The van der Waals surface area contributed by atoms with Crippen LogP contribution in [0.3, 0.4) is 0 Å². The van der Waals surface area contributed by atoms with Crippen LogP contribution >= 0.6 is 0 Å². The maximum absolute atomic E-state index is 14.0. The number of amides is 2. The second-order valence-electron chi connectivity index (χ2n) is 7.99. The summed E-state index contributed by atoms with van der Waals surface area (Å²) in [6.07, 6.45) is 1.51. The fraction of sp³-hybridized carbons (Fsp3) is 0.280. The van der Waals surface area contributed by atoms with Gasteiger partial charge in [-0.3, -0.25) is 9.59 Å². The lowest BCUT2D eigenvalue weighted by molar-refractivity contribution is -0.119. The highest BCUT2D eigenvalue weighted by Gasteiger charge is 2.25. The van der Waals surface area contributed by atoms with E-state index >= 15 is 0 Å². The molecule has 3 aromatic carbocycles. The molecule has 0 aliphatic carbocycles. The highest BCUT2D eigenvalue weighted by molar-refractivity contribution is 6.11. The topological polar surface area (TPSA) is 49.4 Å². The lowest BCUT2D eigenvalue weighted by Gasteiger charge is -2.32. The van der Waals surface area contributed by atoms with E-state index in [1.165, 1.54) is 19.1 Å². The molecule has 0 spiro atoms. The highest BCUT2D eigenvalue weighted by Crippen LogP contribution is 2.32. The molecule has 0 saturated carbocycles. The molecule has 154 valence electrons. The van der Waals surface area contributed by atoms with Crippen molar-refractivity contribution in [2.45, 2.75) is 32.7 Å². The van der Waals surface area contributed by atoms with Gasteiger partial charge < -0.3 is 10.2 Å². The van der Waals surface area contributed by atoms with Gasteiger partial charge in [-0.05, 0) is 65.4 Å². The van der Waals surface area contributed by atoms with Crippen LogP contribution in [0.15, 0.2) is 54.6 Å². The monoisotopic (exact) mass is 404 g/mol. The van der Waals surface area contributed by atoms with Gasteiger partial charge in [-0.1, -0.05) is 36.4 Å². The number of aryl methyl sites for hydroxylation is 1. The third kappa shape index (κ3) is 4.06. The molecule has 2 amide bonds. The summed E-state index contributed by atoms with van der Waals surface area (Å²) in [5.74, 6) is -0.306. The molecule has 1 saturated heterocycles. The Morgan fingerprint density at radius 2 is 1.70 bits per heavy atom. The number of carbonyl (C=O) groups excluding carboxylic acids is 2. The zero-order chi connectivity index (χ0) is 21.3. The van der Waals surface area contributed by atoms with E-state index in [9.17, 15) is 14.0 Å². The van der Waals surface area contributed by atoms with Crippen molar-refractivity contribution >= 4 is 22.6 Å². The van der Waals surface area contributed by atoms with Crippen molar-refractivity contribution < 1.29 is 14.0 Å². The average Bonchev–Trinajstić information content (AvgIpc) is 2.72. The van der Waals surface area contributed by atoms with E-state index in [0.717, 1.165) is 40.3 Å².